The maximum Gasteiger partial charge on any atom is 0.149 e. The van der Waals surface area contributed by atoms with E-state index in [2.05, 4.69) is 15.9 Å². The molecule has 0 amide bonds. The summed E-state index contributed by atoms with van der Waals surface area (Å²) >= 11 is 3.45. The fourth-order valence-corrected chi connectivity index (χ4v) is 2.66. The Morgan fingerprint density at radius 2 is 2.06 bits per heavy atom. The zero-order chi connectivity index (χ0) is 15.4. The van der Waals surface area contributed by atoms with Gasteiger partial charge in [0.05, 0.1) is 17.0 Å². The molecule has 0 aliphatic heterocycles. The van der Waals surface area contributed by atoms with Gasteiger partial charge in [-0.3, -0.25) is 0 Å². The molecule has 1 aromatic carbocycles. The number of rotatable bonds is 2. The first-order valence-corrected chi connectivity index (χ1v) is 5.85. The van der Waals surface area contributed by atoms with E-state index in [0.717, 1.165) is 9.86 Å². The normalized spacial score (nSPS) is 19.6. The van der Waals surface area contributed by atoms with E-state index in [9.17, 15) is 0 Å². The average Bonchev–Trinajstić information content (AvgIpc) is 3.01. The highest BCUT2D eigenvalue weighted by Gasteiger charge is 2.17. The highest BCUT2D eigenvalue weighted by atomic mass is 79.9. The summed E-state index contributed by atoms with van der Waals surface area (Å²) in [6, 6.07) is 1.36. The van der Waals surface area contributed by atoms with Crippen molar-refractivity contribution in [2.45, 2.75) is 19.3 Å². The van der Waals surface area contributed by atoms with Crippen LogP contribution in [-0.2, 0) is 6.42 Å². The Kier molecular flexibility index (Phi) is 1.66. The molecule has 88 valence electrons. The molecule has 2 N–H and O–H groups in total. The summed E-state index contributed by atoms with van der Waals surface area (Å²) in [5.41, 5.74) is 7.37. The van der Waals surface area contributed by atoms with Crippen molar-refractivity contribution in [1.29, 1.82) is 0 Å². The topological polar surface area (TPSA) is 52.3 Å². The first kappa shape index (κ1) is 7.24. The van der Waals surface area contributed by atoms with Gasteiger partial charge in [0.2, 0.25) is 0 Å². The first-order valence-electron chi connectivity index (χ1n) is 7.06. The molecule has 3 aromatic rings. The molecule has 0 unspecified atom stereocenters. The lowest BCUT2D eigenvalue weighted by Crippen LogP contribution is -2.18. The molecule has 0 bridgehead atoms. The summed E-state index contributed by atoms with van der Waals surface area (Å²) in [6.45, 7) is -2.60. The Hall–Kier alpha value is -1.26. The number of furan rings is 2. The van der Waals surface area contributed by atoms with Crippen LogP contribution in [0.15, 0.2) is 38.0 Å². The van der Waals surface area contributed by atoms with Gasteiger partial charge in [-0.25, -0.2) is 0 Å². The van der Waals surface area contributed by atoms with Crippen LogP contribution in [0.5, 0.6) is 0 Å². The predicted octanol–water partition coefficient (Wildman–Crippen LogP) is 3.83. The first-order chi connectivity index (χ1) is 9.72. The minimum atomic E-state index is -2.60. The molecule has 2 aromatic heterocycles. The van der Waals surface area contributed by atoms with E-state index in [1.807, 2.05) is 0 Å². The van der Waals surface area contributed by atoms with Crippen molar-refractivity contribution < 1.29 is 14.3 Å². The summed E-state index contributed by atoms with van der Waals surface area (Å²) < 4.78 is 41.9. The number of nitrogens with two attached hydrogens (primary N) is 1. The molecular formula is C13H12BrNO2. The zero-order valence-corrected chi connectivity index (χ0v) is 10.4. The average molecular weight is 298 g/mol. The van der Waals surface area contributed by atoms with E-state index in [-0.39, 0.29) is 6.42 Å². The van der Waals surface area contributed by atoms with Crippen LogP contribution in [0.4, 0.5) is 0 Å². The minimum Gasteiger partial charge on any atom is -0.464 e. The second kappa shape index (κ2) is 3.89. The number of halogens is 1. The van der Waals surface area contributed by atoms with Crippen molar-refractivity contribution in [2.24, 2.45) is 5.73 Å². The van der Waals surface area contributed by atoms with E-state index >= 15 is 0 Å². The smallest absolute Gasteiger partial charge is 0.149 e. The van der Waals surface area contributed by atoms with Gasteiger partial charge in [0.25, 0.3) is 0 Å². The molecule has 2 heterocycles. The van der Waals surface area contributed by atoms with E-state index in [0.29, 0.717) is 22.1 Å². The van der Waals surface area contributed by atoms with Crippen LogP contribution in [0.1, 0.15) is 17.9 Å². The van der Waals surface area contributed by atoms with Gasteiger partial charge in [-0.2, -0.15) is 0 Å². The fourth-order valence-electron chi connectivity index (χ4n) is 2.04. The number of fused-ring (bicyclic) bond motifs is 2. The Morgan fingerprint density at radius 3 is 2.82 bits per heavy atom. The molecule has 0 saturated carbocycles. The lowest BCUT2D eigenvalue weighted by atomic mass is 10.0. The van der Waals surface area contributed by atoms with Crippen LogP contribution >= 0.6 is 15.9 Å². The molecule has 3 rings (SSSR count). The van der Waals surface area contributed by atoms with Crippen molar-refractivity contribution in [3.8, 4) is 0 Å². The van der Waals surface area contributed by atoms with Crippen molar-refractivity contribution in [3.05, 3.63) is 34.7 Å². The van der Waals surface area contributed by atoms with Crippen LogP contribution in [0, 0.1) is 0 Å². The largest absolute Gasteiger partial charge is 0.464 e. The molecule has 4 heteroatoms. The van der Waals surface area contributed by atoms with Crippen LogP contribution in [-0.4, -0.2) is 6.02 Å². The third-order valence-corrected chi connectivity index (χ3v) is 3.52. The Labute approximate surface area is 112 Å². The SMILES string of the molecule is [2H]C([2H])([2H])[C@@]([2H])(N)Cc1c2ccoc2c(Br)c2ccoc12. The van der Waals surface area contributed by atoms with E-state index < -0.39 is 12.9 Å². The number of benzene rings is 1. The third kappa shape index (κ3) is 1.59. The van der Waals surface area contributed by atoms with Crippen LogP contribution in [0.25, 0.3) is 21.9 Å². The summed E-state index contributed by atoms with van der Waals surface area (Å²) in [7, 11) is 0. The number of hydrogen-bond donors (Lipinski definition) is 1. The van der Waals surface area contributed by atoms with Crippen molar-refractivity contribution in [1.82, 2.24) is 0 Å². The maximum absolute atomic E-state index is 7.96. The summed E-state index contributed by atoms with van der Waals surface area (Å²) in [6.07, 6.45) is 2.85. The highest BCUT2D eigenvalue weighted by molar-refractivity contribution is 9.10. The van der Waals surface area contributed by atoms with E-state index in [1.54, 1.807) is 12.1 Å². The predicted molar refractivity (Wildman–Crippen MR) is 71.0 cm³/mol. The van der Waals surface area contributed by atoms with E-state index in [4.69, 9.17) is 20.1 Å². The Bertz CT molecular complexity index is 767. The van der Waals surface area contributed by atoms with Gasteiger partial charge in [0.15, 0.2) is 0 Å². The Balaban J connectivity index is 2.27. The lowest BCUT2D eigenvalue weighted by molar-refractivity contribution is 0.604. The zero-order valence-electron chi connectivity index (χ0n) is 12.8. The van der Waals surface area contributed by atoms with Gasteiger partial charge in [-0.15, -0.1) is 0 Å². The Morgan fingerprint density at radius 1 is 1.35 bits per heavy atom. The van der Waals surface area contributed by atoms with Crippen LogP contribution in [0.3, 0.4) is 0 Å². The van der Waals surface area contributed by atoms with Gasteiger partial charge >= 0.3 is 0 Å². The van der Waals surface area contributed by atoms with Crippen LogP contribution in [0.2, 0.25) is 0 Å². The minimum absolute atomic E-state index is 0.170. The molecule has 0 radical (unpaired) electrons. The van der Waals surface area contributed by atoms with Gasteiger partial charge in [-0.1, -0.05) is 0 Å². The standard InChI is InChI=1S/C13H12BrNO2/c1-7(15)6-10-8-2-4-17-13(8)11(14)9-3-5-16-12(9)10/h2-5,7H,6,15H2,1H3/t7-/m1/s1/i1D3,7D. The van der Waals surface area contributed by atoms with Crippen molar-refractivity contribution in [3.63, 3.8) is 0 Å². The monoisotopic (exact) mass is 297 g/mol. The second-order valence-corrected chi connectivity index (χ2v) is 4.61. The molecule has 1 atom stereocenters. The molecule has 0 aliphatic rings. The molecule has 3 nitrogen and oxygen atoms in total. The van der Waals surface area contributed by atoms with Gasteiger partial charge < -0.3 is 14.6 Å². The fraction of sp³-hybridized carbons (Fsp3) is 0.231. The van der Waals surface area contributed by atoms with Gasteiger partial charge in [0.1, 0.15) is 11.2 Å². The molecule has 0 saturated heterocycles. The molecular weight excluding hydrogens is 282 g/mol. The van der Waals surface area contributed by atoms with Crippen molar-refractivity contribution >= 4 is 37.9 Å². The second-order valence-electron chi connectivity index (χ2n) is 3.82. The third-order valence-electron chi connectivity index (χ3n) is 2.73. The summed E-state index contributed by atoms with van der Waals surface area (Å²) in [4.78, 5) is 0. The molecule has 0 spiro atoms. The quantitative estimate of drug-likeness (QED) is 0.782. The van der Waals surface area contributed by atoms with E-state index in [1.165, 1.54) is 12.5 Å². The molecule has 17 heavy (non-hydrogen) atoms. The number of hydrogen-bond acceptors (Lipinski definition) is 3. The van der Waals surface area contributed by atoms with Crippen LogP contribution < -0.4 is 5.73 Å². The molecule has 0 fully saturated rings. The lowest BCUT2D eigenvalue weighted by Gasteiger charge is -2.08. The summed E-state index contributed by atoms with van der Waals surface area (Å²) in [5, 5.41) is 1.45. The van der Waals surface area contributed by atoms with Crippen molar-refractivity contribution in [2.75, 3.05) is 0 Å². The maximum atomic E-state index is 7.96. The summed E-state index contributed by atoms with van der Waals surface area (Å²) in [5.74, 6) is 0. The van der Waals surface area contributed by atoms with Gasteiger partial charge in [-0.05, 0) is 41.3 Å². The molecule has 0 aliphatic carbocycles. The van der Waals surface area contributed by atoms with Gasteiger partial charge in [0, 0.05) is 27.8 Å². The highest BCUT2D eigenvalue weighted by Crippen LogP contribution is 2.37.